The van der Waals surface area contributed by atoms with Crippen molar-refractivity contribution in [1.29, 1.82) is 0 Å². The second kappa shape index (κ2) is 3.08. The zero-order valence-electron chi connectivity index (χ0n) is 6.22. The van der Waals surface area contributed by atoms with E-state index in [1.165, 1.54) is 10.8 Å². The van der Waals surface area contributed by atoms with Gasteiger partial charge in [-0.2, -0.15) is 0 Å². The van der Waals surface area contributed by atoms with Gasteiger partial charge in [-0.3, -0.25) is 0 Å². The fourth-order valence-corrected chi connectivity index (χ4v) is 1.72. The summed E-state index contributed by atoms with van der Waals surface area (Å²) in [6, 6.07) is 12.1. The predicted molar refractivity (Wildman–Crippen MR) is 56.7 cm³/mol. The molecule has 2 heteroatoms. The van der Waals surface area contributed by atoms with E-state index in [1.54, 1.807) is 0 Å². The molecule has 0 fully saturated rings. The van der Waals surface area contributed by atoms with Crippen LogP contribution < -0.4 is 0 Å². The maximum absolute atomic E-state index is 5.94. The molecule has 0 aliphatic heterocycles. The Kier molecular flexibility index (Phi) is 2.07. The Hall–Kier alpha value is -0.530. The third-order valence-corrected chi connectivity index (χ3v) is 2.99. The van der Waals surface area contributed by atoms with Gasteiger partial charge in [0.15, 0.2) is 0 Å². The third-order valence-electron chi connectivity index (χ3n) is 1.79. The number of halogens is 2. The van der Waals surface area contributed by atoms with Gasteiger partial charge in [0.25, 0.3) is 0 Å². The average molecular weight is 242 g/mol. The van der Waals surface area contributed by atoms with Gasteiger partial charge in [-0.1, -0.05) is 35.9 Å². The molecular weight excluding hydrogens is 235 g/mol. The highest BCUT2D eigenvalue weighted by atomic mass is 79.9. The first-order valence-corrected chi connectivity index (χ1v) is 4.78. The summed E-state index contributed by atoms with van der Waals surface area (Å²) in [5.74, 6) is 0. The van der Waals surface area contributed by atoms with E-state index in [0.29, 0.717) is 0 Å². The van der Waals surface area contributed by atoms with E-state index in [2.05, 4.69) is 22.0 Å². The van der Waals surface area contributed by atoms with Crippen LogP contribution in [0.4, 0.5) is 0 Å². The van der Waals surface area contributed by atoms with Crippen LogP contribution >= 0.6 is 27.5 Å². The molecule has 0 radical (unpaired) electrons. The topological polar surface area (TPSA) is 0 Å². The summed E-state index contributed by atoms with van der Waals surface area (Å²) in [4.78, 5) is 0. The highest BCUT2D eigenvalue weighted by molar-refractivity contribution is 9.10. The van der Waals surface area contributed by atoms with Crippen LogP contribution in [0.5, 0.6) is 0 Å². The lowest BCUT2D eigenvalue weighted by Crippen LogP contribution is -1.73. The van der Waals surface area contributed by atoms with Crippen LogP contribution in [0.15, 0.2) is 40.9 Å². The molecule has 60 valence electrons. The summed E-state index contributed by atoms with van der Waals surface area (Å²) in [7, 11) is 0. The maximum Gasteiger partial charge on any atom is 0.0554 e. The Morgan fingerprint density at radius 3 is 2.25 bits per heavy atom. The Morgan fingerprint density at radius 1 is 1.00 bits per heavy atom. The lowest BCUT2D eigenvalue weighted by atomic mass is 10.1. The van der Waals surface area contributed by atoms with E-state index in [-0.39, 0.29) is 0 Å². The molecule has 0 saturated carbocycles. The fourth-order valence-electron chi connectivity index (χ4n) is 1.18. The maximum atomic E-state index is 5.94. The lowest BCUT2D eigenvalue weighted by Gasteiger charge is -1.99. The van der Waals surface area contributed by atoms with Crippen LogP contribution in [0.2, 0.25) is 5.02 Å². The minimum Gasteiger partial charge on any atom is -0.0831 e. The summed E-state index contributed by atoms with van der Waals surface area (Å²) in [5, 5.41) is 3.13. The van der Waals surface area contributed by atoms with Gasteiger partial charge in [0.2, 0.25) is 0 Å². The highest BCUT2D eigenvalue weighted by Gasteiger charge is 1.98. The van der Waals surface area contributed by atoms with Gasteiger partial charge in [-0.15, -0.1) is 0 Å². The van der Waals surface area contributed by atoms with Crippen LogP contribution in [-0.4, -0.2) is 0 Å². The smallest absolute Gasteiger partial charge is 0.0554 e. The SMILES string of the molecule is Clc1cc2ccccc2cc1Br. The molecule has 0 nitrogen and oxygen atoms in total. The molecule has 0 amide bonds. The standard InChI is InChI=1S/C10H6BrCl/c11-9-5-7-3-1-2-4-8(7)6-10(9)12/h1-6H. The molecule has 0 spiro atoms. The summed E-state index contributed by atoms with van der Waals surface area (Å²) in [6.45, 7) is 0. The van der Waals surface area contributed by atoms with Gasteiger partial charge >= 0.3 is 0 Å². The molecule has 2 aromatic rings. The van der Waals surface area contributed by atoms with Crippen molar-refractivity contribution in [2.75, 3.05) is 0 Å². The van der Waals surface area contributed by atoms with E-state index in [9.17, 15) is 0 Å². The quantitative estimate of drug-likeness (QED) is 0.647. The summed E-state index contributed by atoms with van der Waals surface area (Å²) >= 11 is 9.33. The Balaban J connectivity index is 2.84. The first kappa shape index (κ1) is 8.09. The number of fused-ring (bicyclic) bond motifs is 1. The first-order chi connectivity index (χ1) is 5.77. The third kappa shape index (κ3) is 1.35. The number of hydrogen-bond donors (Lipinski definition) is 0. The Labute approximate surface area is 84.3 Å². The Bertz CT molecular complexity index is 383. The second-order valence-corrected chi connectivity index (χ2v) is 3.88. The van der Waals surface area contributed by atoms with Gasteiger partial charge in [0.1, 0.15) is 0 Å². The molecule has 0 aliphatic carbocycles. The predicted octanol–water partition coefficient (Wildman–Crippen LogP) is 4.26. The van der Waals surface area contributed by atoms with E-state index in [4.69, 9.17) is 11.6 Å². The molecule has 2 aromatic carbocycles. The number of rotatable bonds is 0. The molecule has 0 N–H and O–H groups in total. The molecule has 0 saturated heterocycles. The molecule has 0 unspecified atom stereocenters. The monoisotopic (exact) mass is 240 g/mol. The van der Waals surface area contributed by atoms with Crippen LogP contribution in [0, 0.1) is 0 Å². The molecule has 2 rings (SSSR count). The molecule has 0 aliphatic rings. The second-order valence-electron chi connectivity index (χ2n) is 2.61. The molecule has 0 aromatic heterocycles. The van der Waals surface area contributed by atoms with E-state index in [0.717, 1.165) is 9.50 Å². The van der Waals surface area contributed by atoms with Crippen LogP contribution in [0.3, 0.4) is 0 Å². The van der Waals surface area contributed by atoms with Gasteiger partial charge < -0.3 is 0 Å². The summed E-state index contributed by atoms with van der Waals surface area (Å²) < 4.78 is 0.947. The largest absolute Gasteiger partial charge is 0.0831 e. The average Bonchev–Trinajstić information content (AvgIpc) is 2.07. The van der Waals surface area contributed by atoms with Gasteiger partial charge in [-0.05, 0) is 38.8 Å². The van der Waals surface area contributed by atoms with E-state index < -0.39 is 0 Å². The zero-order chi connectivity index (χ0) is 8.55. The van der Waals surface area contributed by atoms with Crippen molar-refractivity contribution < 1.29 is 0 Å². The van der Waals surface area contributed by atoms with Crippen LogP contribution in [0.1, 0.15) is 0 Å². The van der Waals surface area contributed by atoms with Crippen molar-refractivity contribution in [2.45, 2.75) is 0 Å². The van der Waals surface area contributed by atoms with Gasteiger partial charge in [-0.25, -0.2) is 0 Å². The van der Waals surface area contributed by atoms with Gasteiger partial charge in [0, 0.05) is 4.47 Å². The number of hydrogen-bond acceptors (Lipinski definition) is 0. The molecular formula is C10H6BrCl. The minimum atomic E-state index is 0.758. The molecule has 0 atom stereocenters. The minimum absolute atomic E-state index is 0.758. The summed E-state index contributed by atoms with van der Waals surface area (Å²) in [6.07, 6.45) is 0. The normalized spacial score (nSPS) is 10.5. The van der Waals surface area contributed by atoms with Crippen molar-refractivity contribution in [1.82, 2.24) is 0 Å². The van der Waals surface area contributed by atoms with Crippen molar-refractivity contribution >= 4 is 38.3 Å². The van der Waals surface area contributed by atoms with Crippen molar-refractivity contribution in [3.63, 3.8) is 0 Å². The van der Waals surface area contributed by atoms with E-state index in [1.807, 2.05) is 30.3 Å². The van der Waals surface area contributed by atoms with Crippen LogP contribution in [0.25, 0.3) is 10.8 Å². The summed E-state index contributed by atoms with van der Waals surface area (Å²) in [5.41, 5.74) is 0. The highest BCUT2D eigenvalue weighted by Crippen LogP contribution is 2.27. The van der Waals surface area contributed by atoms with Crippen molar-refractivity contribution in [3.8, 4) is 0 Å². The van der Waals surface area contributed by atoms with Crippen molar-refractivity contribution in [2.24, 2.45) is 0 Å². The lowest BCUT2D eigenvalue weighted by molar-refractivity contribution is 1.70. The van der Waals surface area contributed by atoms with Gasteiger partial charge in [0.05, 0.1) is 5.02 Å². The molecule has 12 heavy (non-hydrogen) atoms. The molecule has 0 heterocycles. The molecule has 0 bridgehead atoms. The van der Waals surface area contributed by atoms with Crippen molar-refractivity contribution in [3.05, 3.63) is 45.9 Å². The number of benzene rings is 2. The Morgan fingerprint density at radius 2 is 1.58 bits per heavy atom. The zero-order valence-corrected chi connectivity index (χ0v) is 8.56. The van der Waals surface area contributed by atoms with E-state index >= 15 is 0 Å². The van der Waals surface area contributed by atoms with Crippen LogP contribution in [-0.2, 0) is 0 Å². The first-order valence-electron chi connectivity index (χ1n) is 3.61. The fraction of sp³-hybridized carbons (Fsp3) is 0.